The molecular formula is C21H25N3O3S. The number of nitrogens with one attached hydrogen (secondary N) is 1. The van der Waals surface area contributed by atoms with Crippen molar-refractivity contribution >= 4 is 21.8 Å². The first-order valence-electron chi connectivity index (χ1n) is 9.42. The zero-order valence-corrected chi connectivity index (χ0v) is 16.8. The van der Waals surface area contributed by atoms with Crippen molar-refractivity contribution in [2.45, 2.75) is 37.1 Å². The Hall–Kier alpha value is -2.67. The third-order valence-corrected chi connectivity index (χ3v) is 6.07. The Kier molecular flexibility index (Phi) is 6.46. The van der Waals surface area contributed by atoms with Crippen LogP contribution in [0.2, 0.25) is 0 Å². The summed E-state index contributed by atoms with van der Waals surface area (Å²) in [6, 6.07) is 16.8. The summed E-state index contributed by atoms with van der Waals surface area (Å²) in [5.41, 5.74) is 1.74. The van der Waals surface area contributed by atoms with Gasteiger partial charge in [0.1, 0.15) is 5.84 Å². The van der Waals surface area contributed by atoms with Crippen LogP contribution in [-0.4, -0.2) is 38.7 Å². The molecule has 0 unspecified atom stereocenters. The molecule has 0 atom stereocenters. The van der Waals surface area contributed by atoms with Crippen LogP contribution in [0.25, 0.3) is 0 Å². The van der Waals surface area contributed by atoms with Crippen LogP contribution in [0.3, 0.4) is 0 Å². The maximum absolute atomic E-state index is 12.2. The lowest BCUT2D eigenvalue weighted by molar-refractivity contribution is -0.130. The zero-order valence-electron chi connectivity index (χ0n) is 16.0. The van der Waals surface area contributed by atoms with Crippen molar-refractivity contribution in [3.8, 4) is 0 Å². The van der Waals surface area contributed by atoms with E-state index in [0.29, 0.717) is 30.9 Å². The van der Waals surface area contributed by atoms with Crippen LogP contribution in [0.15, 0.2) is 64.5 Å². The normalized spacial score (nSPS) is 15.8. The number of carbonyl (C=O) groups is 1. The van der Waals surface area contributed by atoms with Crippen LogP contribution < -0.4 is 4.72 Å². The molecule has 0 spiro atoms. The van der Waals surface area contributed by atoms with Gasteiger partial charge in [-0.15, -0.1) is 0 Å². The Morgan fingerprint density at radius 1 is 1.00 bits per heavy atom. The monoisotopic (exact) mass is 399 g/mol. The van der Waals surface area contributed by atoms with E-state index in [1.165, 1.54) is 0 Å². The molecule has 0 saturated heterocycles. The van der Waals surface area contributed by atoms with Crippen LogP contribution in [0.4, 0.5) is 0 Å². The number of unbranched alkanes of at least 4 members (excludes halogenated alkanes) is 2. The lowest BCUT2D eigenvalue weighted by Gasteiger charge is -2.17. The molecule has 0 radical (unpaired) electrons. The number of hydrogen-bond donors (Lipinski definition) is 1. The van der Waals surface area contributed by atoms with E-state index in [-0.39, 0.29) is 10.8 Å². The molecule has 1 N–H and O–H groups in total. The molecule has 7 heteroatoms. The summed E-state index contributed by atoms with van der Waals surface area (Å²) in [7, 11) is -1.66. The van der Waals surface area contributed by atoms with Gasteiger partial charge in [-0.25, -0.2) is 8.42 Å². The third-order valence-electron chi connectivity index (χ3n) is 4.67. The largest absolute Gasteiger partial charge is 0.341 e. The number of rotatable bonds is 8. The topological polar surface area (TPSA) is 78.8 Å². The Labute approximate surface area is 166 Å². The number of fused-ring (bicyclic) bond motifs is 1. The Morgan fingerprint density at radius 2 is 1.71 bits per heavy atom. The van der Waals surface area contributed by atoms with Crippen molar-refractivity contribution in [3.05, 3.63) is 65.7 Å². The first kappa shape index (κ1) is 20.1. The quantitative estimate of drug-likeness (QED) is 0.693. The minimum Gasteiger partial charge on any atom is -0.341 e. The van der Waals surface area contributed by atoms with E-state index in [1.54, 1.807) is 29.2 Å². The molecule has 0 saturated carbocycles. The molecule has 148 valence electrons. The van der Waals surface area contributed by atoms with E-state index in [1.807, 2.05) is 37.4 Å². The van der Waals surface area contributed by atoms with Gasteiger partial charge in [0.2, 0.25) is 5.91 Å². The summed E-state index contributed by atoms with van der Waals surface area (Å²) in [5, 5.41) is 0. The van der Waals surface area contributed by atoms with Gasteiger partial charge >= 0.3 is 0 Å². The number of benzene rings is 2. The summed E-state index contributed by atoms with van der Waals surface area (Å²) in [4.78, 5) is 18.6. The summed E-state index contributed by atoms with van der Waals surface area (Å²) in [5.74, 6) is 0.543. The van der Waals surface area contributed by atoms with Crippen molar-refractivity contribution in [2.75, 3.05) is 13.6 Å². The molecule has 28 heavy (non-hydrogen) atoms. The lowest BCUT2D eigenvalue weighted by atomic mass is 10.1. The lowest BCUT2D eigenvalue weighted by Crippen LogP contribution is -2.25. The first-order chi connectivity index (χ1) is 13.5. The van der Waals surface area contributed by atoms with Crippen molar-refractivity contribution in [3.63, 3.8) is 0 Å². The number of carbonyl (C=O) groups excluding carboxylic acids is 1. The highest BCUT2D eigenvalue weighted by Gasteiger charge is 2.29. The Morgan fingerprint density at radius 3 is 2.50 bits per heavy atom. The van der Waals surface area contributed by atoms with E-state index in [9.17, 15) is 13.2 Å². The summed E-state index contributed by atoms with van der Waals surface area (Å²) >= 11 is 0. The number of sulfonamides is 1. The SMILES string of the molecule is CN(Cc1ccccc1)C(=O)CCCCCN=C1NS(=O)(=O)c2ccccc21. The summed E-state index contributed by atoms with van der Waals surface area (Å²) in [6.45, 7) is 1.15. The molecule has 0 fully saturated rings. The smallest absolute Gasteiger partial charge is 0.263 e. The van der Waals surface area contributed by atoms with Gasteiger partial charge in [0, 0.05) is 32.1 Å². The molecule has 2 aromatic rings. The van der Waals surface area contributed by atoms with E-state index < -0.39 is 10.0 Å². The predicted molar refractivity (Wildman–Crippen MR) is 110 cm³/mol. The van der Waals surface area contributed by atoms with Crippen molar-refractivity contribution < 1.29 is 13.2 Å². The fourth-order valence-corrected chi connectivity index (χ4v) is 4.39. The molecular weight excluding hydrogens is 374 g/mol. The fourth-order valence-electron chi connectivity index (χ4n) is 3.14. The molecule has 0 aromatic heterocycles. The van der Waals surface area contributed by atoms with Crippen LogP contribution in [0.1, 0.15) is 36.8 Å². The predicted octanol–water partition coefficient (Wildman–Crippen LogP) is 2.94. The molecule has 1 heterocycles. The highest BCUT2D eigenvalue weighted by Crippen LogP contribution is 2.22. The van der Waals surface area contributed by atoms with Crippen LogP contribution in [0.5, 0.6) is 0 Å². The summed E-state index contributed by atoms with van der Waals surface area (Å²) in [6.07, 6.45) is 2.99. The minimum absolute atomic E-state index is 0.132. The third kappa shape index (κ3) is 4.98. The fraction of sp³-hybridized carbons (Fsp3) is 0.333. The Bertz CT molecular complexity index is 956. The maximum Gasteiger partial charge on any atom is 0.263 e. The van der Waals surface area contributed by atoms with Gasteiger partial charge in [-0.3, -0.25) is 14.5 Å². The highest BCUT2D eigenvalue weighted by molar-refractivity contribution is 7.90. The van der Waals surface area contributed by atoms with Crippen LogP contribution >= 0.6 is 0 Å². The van der Waals surface area contributed by atoms with E-state index in [0.717, 1.165) is 24.8 Å². The van der Waals surface area contributed by atoms with Gasteiger partial charge in [0.25, 0.3) is 10.0 Å². The van der Waals surface area contributed by atoms with Crippen molar-refractivity contribution in [1.82, 2.24) is 9.62 Å². The minimum atomic E-state index is -3.48. The standard InChI is InChI=1S/C21H25N3O3S/c1-24(16-17-10-4-2-5-11-17)20(25)14-6-3-9-15-22-21-18-12-7-8-13-19(18)28(26,27)23-21/h2,4-5,7-8,10-13H,3,6,9,14-16H2,1H3,(H,22,23). The molecule has 2 aromatic carbocycles. The number of amidine groups is 1. The number of amides is 1. The second-order valence-electron chi connectivity index (χ2n) is 6.88. The van der Waals surface area contributed by atoms with Crippen LogP contribution in [-0.2, 0) is 21.4 Å². The second kappa shape index (κ2) is 9.01. The van der Waals surface area contributed by atoms with E-state index >= 15 is 0 Å². The number of nitrogens with zero attached hydrogens (tertiary/aromatic N) is 2. The van der Waals surface area contributed by atoms with Crippen LogP contribution in [0, 0.1) is 0 Å². The molecule has 0 bridgehead atoms. The zero-order chi connectivity index (χ0) is 20.0. The molecule has 1 aliphatic rings. The van der Waals surface area contributed by atoms with Gasteiger partial charge < -0.3 is 4.90 Å². The molecule has 6 nitrogen and oxygen atoms in total. The molecule has 1 amide bonds. The first-order valence-corrected chi connectivity index (χ1v) is 10.9. The van der Waals surface area contributed by atoms with E-state index in [4.69, 9.17) is 0 Å². The molecule has 1 aliphatic heterocycles. The van der Waals surface area contributed by atoms with E-state index in [2.05, 4.69) is 9.71 Å². The second-order valence-corrected chi connectivity index (χ2v) is 8.53. The van der Waals surface area contributed by atoms with Gasteiger partial charge in [0.05, 0.1) is 4.90 Å². The van der Waals surface area contributed by atoms with Gasteiger partial charge in [0.15, 0.2) is 0 Å². The number of hydrogen-bond acceptors (Lipinski definition) is 4. The Balaban J connectivity index is 1.40. The average molecular weight is 400 g/mol. The van der Waals surface area contributed by atoms with Gasteiger partial charge in [-0.05, 0) is 30.5 Å². The number of aliphatic imine (C=N–C) groups is 1. The van der Waals surface area contributed by atoms with Crippen molar-refractivity contribution in [1.29, 1.82) is 0 Å². The van der Waals surface area contributed by atoms with Crippen molar-refractivity contribution in [2.24, 2.45) is 4.99 Å². The maximum atomic E-state index is 12.2. The highest BCUT2D eigenvalue weighted by atomic mass is 32.2. The summed E-state index contributed by atoms with van der Waals surface area (Å²) < 4.78 is 26.6. The van der Waals surface area contributed by atoms with Gasteiger partial charge in [-0.2, -0.15) is 0 Å². The molecule has 3 rings (SSSR count). The average Bonchev–Trinajstić information content (AvgIpc) is 2.96. The van der Waals surface area contributed by atoms with Gasteiger partial charge in [-0.1, -0.05) is 48.9 Å². The molecule has 0 aliphatic carbocycles.